The van der Waals surface area contributed by atoms with Crippen LogP contribution in [0.15, 0.2) is 0 Å². The highest BCUT2D eigenvalue weighted by Crippen LogP contribution is 2.24. The highest BCUT2D eigenvalue weighted by molar-refractivity contribution is 6.30. The van der Waals surface area contributed by atoms with Gasteiger partial charge in [0.25, 0.3) is 0 Å². The van der Waals surface area contributed by atoms with E-state index in [0.717, 1.165) is 30.8 Å². The van der Waals surface area contributed by atoms with Gasteiger partial charge in [0.2, 0.25) is 0 Å². The van der Waals surface area contributed by atoms with E-state index in [1.165, 1.54) is 24.8 Å². The van der Waals surface area contributed by atoms with Gasteiger partial charge in [0.05, 0.1) is 6.61 Å². The average Bonchev–Trinajstić information content (AvgIpc) is 2.51. The lowest BCUT2D eigenvalue weighted by molar-refractivity contribution is 0.200. The van der Waals surface area contributed by atoms with E-state index < -0.39 is 0 Å². The van der Waals surface area contributed by atoms with E-state index in [9.17, 15) is 0 Å². The third-order valence-electron chi connectivity index (χ3n) is 2.96. The van der Waals surface area contributed by atoms with E-state index in [1.807, 2.05) is 0 Å². The topological polar surface area (TPSA) is 35.0 Å². The van der Waals surface area contributed by atoms with Gasteiger partial charge in [-0.25, -0.2) is 9.97 Å². The minimum Gasteiger partial charge on any atom is -0.384 e. The first-order chi connectivity index (χ1) is 7.81. The summed E-state index contributed by atoms with van der Waals surface area (Å²) in [5.74, 6) is 0.813. The molecular formula is C12H17ClN2O. The zero-order valence-electron chi connectivity index (χ0n) is 9.63. The van der Waals surface area contributed by atoms with Crippen molar-refractivity contribution in [2.45, 2.75) is 38.5 Å². The summed E-state index contributed by atoms with van der Waals surface area (Å²) in [7, 11) is 1.69. The number of aryl methyl sites for hydroxylation is 1. The van der Waals surface area contributed by atoms with Crippen LogP contribution in [0, 0.1) is 0 Å². The second-order valence-electron chi connectivity index (χ2n) is 4.16. The smallest absolute Gasteiger partial charge is 0.136 e. The highest BCUT2D eigenvalue weighted by Gasteiger charge is 2.15. The quantitative estimate of drug-likeness (QED) is 0.602. The van der Waals surface area contributed by atoms with Gasteiger partial charge in [-0.3, -0.25) is 0 Å². The molecule has 1 aromatic heterocycles. The normalized spacial score (nSPS) is 15.6. The zero-order valence-corrected chi connectivity index (χ0v) is 10.4. The van der Waals surface area contributed by atoms with Gasteiger partial charge in [0.1, 0.15) is 11.0 Å². The van der Waals surface area contributed by atoms with Gasteiger partial charge >= 0.3 is 0 Å². The molecule has 0 unspecified atom stereocenters. The molecule has 0 spiro atoms. The van der Waals surface area contributed by atoms with Crippen LogP contribution >= 0.6 is 11.6 Å². The number of methoxy groups -OCH3 is 1. The molecule has 0 saturated heterocycles. The molecule has 0 amide bonds. The maximum Gasteiger partial charge on any atom is 0.136 e. The molecule has 3 nitrogen and oxygen atoms in total. The van der Waals surface area contributed by atoms with E-state index in [-0.39, 0.29) is 0 Å². The molecular weight excluding hydrogens is 224 g/mol. The number of hydrogen-bond acceptors (Lipinski definition) is 3. The molecule has 4 heteroatoms. The van der Waals surface area contributed by atoms with Crippen molar-refractivity contribution in [3.63, 3.8) is 0 Å². The lowest BCUT2D eigenvalue weighted by atomic mass is 10.1. The van der Waals surface area contributed by atoms with Gasteiger partial charge in [-0.05, 0) is 25.7 Å². The molecule has 1 aliphatic rings. The number of halogens is 1. The van der Waals surface area contributed by atoms with Crippen LogP contribution in [0.25, 0.3) is 0 Å². The van der Waals surface area contributed by atoms with Gasteiger partial charge < -0.3 is 4.74 Å². The molecule has 1 heterocycles. The third kappa shape index (κ3) is 2.71. The number of nitrogens with zero attached hydrogens (tertiary/aromatic N) is 2. The first-order valence-electron chi connectivity index (χ1n) is 5.84. The summed E-state index contributed by atoms with van der Waals surface area (Å²) in [6.07, 6.45) is 6.48. The zero-order chi connectivity index (χ0) is 11.4. The number of rotatable bonds is 3. The Balaban J connectivity index is 2.24. The molecule has 0 bridgehead atoms. The summed E-state index contributed by atoms with van der Waals surface area (Å²) in [5, 5.41) is 0.651. The van der Waals surface area contributed by atoms with Crippen LogP contribution in [-0.2, 0) is 24.0 Å². The Bertz CT molecular complexity index is 368. The average molecular weight is 241 g/mol. The van der Waals surface area contributed by atoms with Crippen molar-refractivity contribution in [2.24, 2.45) is 0 Å². The van der Waals surface area contributed by atoms with E-state index in [2.05, 4.69) is 9.97 Å². The van der Waals surface area contributed by atoms with E-state index in [4.69, 9.17) is 16.3 Å². The van der Waals surface area contributed by atoms with Crippen LogP contribution < -0.4 is 0 Å². The van der Waals surface area contributed by atoms with Crippen molar-refractivity contribution in [3.8, 4) is 0 Å². The Hall–Kier alpha value is -0.670. The summed E-state index contributed by atoms with van der Waals surface area (Å²) >= 11 is 6.21. The van der Waals surface area contributed by atoms with Gasteiger partial charge in [0.15, 0.2) is 0 Å². The van der Waals surface area contributed by atoms with Crippen molar-refractivity contribution in [2.75, 3.05) is 13.7 Å². The van der Waals surface area contributed by atoms with Gasteiger partial charge in [-0.2, -0.15) is 0 Å². The maximum atomic E-state index is 6.21. The minimum atomic E-state index is 0.648. The van der Waals surface area contributed by atoms with E-state index in [1.54, 1.807) is 7.11 Å². The molecule has 0 N–H and O–H groups in total. The molecule has 88 valence electrons. The summed E-state index contributed by atoms with van der Waals surface area (Å²) in [5.41, 5.74) is 2.32. The van der Waals surface area contributed by atoms with Crippen molar-refractivity contribution in [3.05, 3.63) is 22.2 Å². The second-order valence-corrected chi connectivity index (χ2v) is 4.52. The first-order valence-corrected chi connectivity index (χ1v) is 6.22. The van der Waals surface area contributed by atoms with Crippen LogP contribution in [0.2, 0.25) is 5.15 Å². The molecule has 1 aromatic rings. The molecule has 0 fully saturated rings. The molecule has 0 saturated carbocycles. The summed E-state index contributed by atoms with van der Waals surface area (Å²) in [6, 6.07) is 0. The molecule has 0 radical (unpaired) electrons. The lowest BCUT2D eigenvalue weighted by Crippen LogP contribution is -2.07. The molecule has 1 aliphatic carbocycles. The minimum absolute atomic E-state index is 0.648. The van der Waals surface area contributed by atoms with Crippen molar-refractivity contribution in [1.29, 1.82) is 0 Å². The first kappa shape index (κ1) is 11.8. The number of fused-ring (bicyclic) bond motifs is 1. The molecule has 2 rings (SSSR count). The second kappa shape index (κ2) is 5.60. The summed E-state index contributed by atoms with van der Waals surface area (Å²) in [6.45, 7) is 0.648. The standard InChI is InChI=1S/C12H17ClN2O/c1-16-8-7-11-14-10-6-4-2-3-5-9(10)12(13)15-11/h2-8H2,1H3. The largest absolute Gasteiger partial charge is 0.384 e. The molecule has 0 aliphatic heterocycles. The Morgan fingerprint density at radius 1 is 1.19 bits per heavy atom. The Kier molecular flexibility index (Phi) is 4.13. The van der Waals surface area contributed by atoms with E-state index >= 15 is 0 Å². The lowest BCUT2D eigenvalue weighted by Gasteiger charge is -2.09. The number of aromatic nitrogens is 2. The summed E-state index contributed by atoms with van der Waals surface area (Å²) in [4.78, 5) is 8.94. The van der Waals surface area contributed by atoms with Crippen LogP contribution in [-0.4, -0.2) is 23.7 Å². The fraction of sp³-hybridized carbons (Fsp3) is 0.667. The van der Waals surface area contributed by atoms with Crippen molar-refractivity contribution >= 4 is 11.6 Å². The van der Waals surface area contributed by atoms with Crippen LogP contribution in [0.3, 0.4) is 0 Å². The number of ether oxygens (including phenoxy) is 1. The fourth-order valence-electron chi connectivity index (χ4n) is 2.08. The van der Waals surface area contributed by atoms with Crippen LogP contribution in [0.1, 0.15) is 36.3 Å². The molecule has 0 aromatic carbocycles. The van der Waals surface area contributed by atoms with Crippen molar-refractivity contribution < 1.29 is 4.74 Å². The number of hydrogen-bond donors (Lipinski definition) is 0. The van der Waals surface area contributed by atoms with Gasteiger partial charge in [0, 0.05) is 24.8 Å². The SMILES string of the molecule is COCCc1nc(Cl)c2c(n1)CCCCC2. The molecule has 0 atom stereocenters. The predicted molar refractivity (Wildman–Crippen MR) is 63.9 cm³/mol. The predicted octanol–water partition coefficient (Wildman–Crippen LogP) is 2.59. The van der Waals surface area contributed by atoms with Crippen LogP contribution in [0.4, 0.5) is 0 Å². The monoisotopic (exact) mass is 240 g/mol. The van der Waals surface area contributed by atoms with Gasteiger partial charge in [-0.1, -0.05) is 18.0 Å². The maximum absolute atomic E-state index is 6.21. The molecule has 16 heavy (non-hydrogen) atoms. The fourth-order valence-corrected chi connectivity index (χ4v) is 2.38. The Morgan fingerprint density at radius 3 is 2.81 bits per heavy atom. The Labute approximate surface area is 101 Å². The van der Waals surface area contributed by atoms with E-state index in [0.29, 0.717) is 11.8 Å². The summed E-state index contributed by atoms with van der Waals surface area (Å²) < 4.78 is 5.03. The highest BCUT2D eigenvalue weighted by atomic mass is 35.5. The third-order valence-corrected chi connectivity index (χ3v) is 3.27. The van der Waals surface area contributed by atoms with Gasteiger partial charge in [-0.15, -0.1) is 0 Å². The Morgan fingerprint density at radius 2 is 2.00 bits per heavy atom. The van der Waals surface area contributed by atoms with Crippen molar-refractivity contribution in [1.82, 2.24) is 9.97 Å². The van der Waals surface area contributed by atoms with Crippen LogP contribution in [0.5, 0.6) is 0 Å².